The van der Waals surface area contributed by atoms with Gasteiger partial charge in [-0.1, -0.05) is 181 Å². The van der Waals surface area contributed by atoms with Crippen molar-refractivity contribution in [2.75, 3.05) is 53.6 Å². The summed E-state index contributed by atoms with van der Waals surface area (Å²) in [6, 6.07) is 38.3. The van der Waals surface area contributed by atoms with Gasteiger partial charge in [0, 0.05) is 102 Å². The second kappa shape index (κ2) is 37.4. The van der Waals surface area contributed by atoms with Crippen LogP contribution >= 0.6 is 15.9 Å². The SMILES string of the molecule is C.CC(C)[Si](C(C)C)(C(C)C)n1ccc(B(O)O)c1.COCCCn1c([C@@H]2CCCN(C(=O)C[C@H](C)Cc3ccc(-c4ccn([Si](C(C)C)(C(C)C)C(C)C)c4)cc3)C2)nc2ccccc21.COCCCn1c([C@@H]2CCCN(C(=O)C[C@H](C)Cc3ccc(Br)cc3)C2)nc2ccccc21. The maximum atomic E-state index is 13.6. The summed E-state index contributed by atoms with van der Waals surface area (Å²) in [5.74, 6) is 3.92. The Labute approximate surface area is 606 Å². The Hall–Kier alpha value is -5.86. The molecular formula is C81H122BBrN8O6Si2. The zero-order valence-corrected chi connectivity index (χ0v) is 65.8. The number of carbonyl (C=O) groups excluding carboxylic acids is 2. The molecule has 8 aromatic rings. The van der Waals surface area contributed by atoms with Crippen molar-refractivity contribution in [2.24, 2.45) is 11.8 Å². The second-order valence-corrected chi connectivity index (χ2v) is 42.8. The minimum Gasteiger partial charge on any atom is -0.423 e. The molecule has 2 saturated heterocycles. The van der Waals surface area contributed by atoms with Crippen LogP contribution in [-0.4, -0.2) is 136 Å². The molecule has 6 heterocycles. The summed E-state index contributed by atoms with van der Waals surface area (Å²) < 4.78 is 21.3. The number of rotatable bonds is 28. The first kappa shape index (κ1) is 80.5. The average Bonchev–Trinajstić information content (AvgIpc) is 1.77. The number of piperidine rings is 2. The molecule has 540 valence electrons. The van der Waals surface area contributed by atoms with E-state index >= 15 is 0 Å². The van der Waals surface area contributed by atoms with Crippen LogP contribution in [0.15, 0.2) is 138 Å². The van der Waals surface area contributed by atoms with Crippen molar-refractivity contribution in [3.05, 3.63) is 161 Å². The summed E-state index contributed by atoms with van der Waals surface area (Å²) in [5.41, 5.74) is 14.0. The van der Waals surface area contributed by atoms with Gasteiger partial charge in [-0.15, -0.1) is 0 Å². The predicted octanol–water partition coefficient (Wildman–Crippen LogP) is 18.2. The first-order valence-corrected chi connectivity index (χ1v) is 42.0. The highest BCUT2D eigenvalue weighted by molar-refractivity contribution is 9.10. The van der Waals surface area contributed by atoms with E-state index in [0.29, 0.717) is 57.5 Å². The smallest absolute Gasteiger partial charge is 0.423 e. The number of fused-ring (bicyclic) bond motifs is 2. The van der Waals surface area contributed by atoms with Crippen LogP contribution in [0.1, 0.15) is 190 Å². The zero-order valence-electron chi connectivity index (χ0n) is 62.3. The zero-order chi connectivity index (χ0) is 71.0. The van der Waals surface area contributed by atoms with Crippen molar-refractivity contribution in [1.29, 1.82) is 0 Å². The molecule has 2 amide bonds. The largest absolute Gasteiger partial charge is 0.489 e. The summed E-state index contributed by atoms with van der Waals surface area (Å²) in [7, 11) is -1.35. The fourth-order valence-electron chi connectivity index (χ4n) is 17.5. The van der Waals surface area contributed by atoms with Gasteiger partial charge in [-0.2, -0.15) is 0 Å². The van der Waals surface area contributed by atoms with E-state index in [9.17, 15) is 19.6 Å². The van der Waals surface area contributed by atoms with Crippen molar-refractivity contribution in [1.82, 2.24) is 37.4 Å². The minimum absolute atomic E-state index is 0. The van der Waals surface area contributed by atoms with E-state index in [1.807, 2.05) is 24.5 Å². The molecule has 0 saturated carbocycles. The van der Waals surface area contributed by atoms with Crippen LogP contribution < -0.4 is 5.46 Å². The number of hydrogen-bond acceptors (Lipinski definition) is 8. The molecule has 0 unspecified atom stereocenters. The highest BCUT2D eigenvalue weighted by Gasteiger charge is 2.46. The topological polar surface area (TPSA) is 145 Å². The number of ether oxygens (including phenoxy) is 2. The number of amides is 2. The summed E-state index contributed by atoms with van der Waals surface area (Å²) in [6.45, 7) is 39.1. The normalized spacial score (nSPS) is 16.0. The van der Waals surface area contributed by atoms with E-state index in [4.69, 9.17) is 19.4 Å². The van der Waals surface area contributed by atoms with Crippen molar-refractivity contribution in [3.8, 4) is 11.1 Å². The lowest BCUT2D eigenvalue weighted by Crippen LogP contribution is -2.51. The van der Waals surface area contributed by atoms with Gasteiger partial charge in [0.05, 0.1) is 22.1 Å². The summed E-state index contributed by atoms with van der Waals surface area (Å²) in [6.07, 6.45) is 17.8. The van der Waals surface area contributed by atoms with E-state index in [1.54, 1.807) is 14.2 Å². The molecule has 18 heteroatoms. The van der Waals surface area contributed by atoms with Crippen LogP contribution in [-0.2, 0) is 45.0 Å². The standard InChI is InChI=1S/C40H58N4O2Si.C27H34BrN3O2.C13H26BNO2Si.CH4/c1-29(2)47(30(3)4,31(5)6)43-23-20-35(28-43)34-18-16-33(17-19-34)25-32(7)26-39(45)42-21-11-13-36(27-42)40-41-37-14-9-10-15-38(37)44(40)22-12-24-46-8;1-20(17-21-10-12-23(28)13-11-21)18-26(32)30-14-5-7-22(19-30)27-29-24-8-3-4-9-25(24)31(27)15-6-16-33-2;1-10(2)18(11(3)4,12(5)6)15-8-7-13(9-15)14(16)17;/h9-10,14-20,23,28-32,36H,11-13,21-22,24-27H2,1-8H3;3-4,8-13,20,22H,5-7,14-19H2,1-2H3;7-12,16-17H,1-6H3;1H4/t32-,36-;20-,22-;;/m11../s1. The number of imidazole rings is 2. The molecule has 2 aliphatic rings. The molecule has 0 aliphatic carbocycles. The van der Waals surface area contributed by atoms with Crippen LogP contribution in [0.3, 0.4) is 0 Å². The third kappa shape index (κ3) is 19.5. The molecule has 2 aliphatic heterocycles. The van der Waals surface area contributed by atoms with Crippen molar-refractivity contribution >= 4 is 78.9 Å². The van der Waals surface area contributed by atoms with E-state index in [1.165, 1.54) is 33.3 Å². The Kier molecular flexibility index (Phi) is 30.4. The van der Waals surface area contributed by atoms with Crippen LogP contribution in [0.25, 0.3) is 33.2 Å². The lowest BCUT2D eigenvalue weighted by molar-refractivity contribution is -0.134. The van der Waals surface area contributed by atoms with Gasteiger partial charge >= 0.3 is 7.12 Å². The van der Waals surface area contributed by atoms with Gasteiger partial charge in [0.2, 0.25) is 11.8 Å². The van der Waals surface area contributed by atoms with Crippen LogP contribution in [0, 0.1) is 11.8 Å². The monoisotopic (exact) mass is 1450 g/mol. The molecule has 0 bridgehead atoms. The lowest BCUT2D eigenvalue weighted by Gasteiger charge is -2.44. The third-order valence-electron chi connectivity index (χ3n) is 21.7. The number of methoxy groups -OCH3 is 2. The number of aryl methyl sites for hydroxylation is 2. The number of likely N-dealkylation sites (tertiary alicyclic amines) is 2. The molecule has 0 spiro atoms. The second-order valence-electron chi connectivity index (χ2n) is 30.4. The van der Waals surface area contributed by atoms with E-state index in [2.05, 4.69) is 250 Å². The Balaban J connectivity index is 0.000000229. The molecule has 4 aromatic heterocycles. The molecule has 2 N–H and O–H groups in total. The summed E-state index contributed by atoms with van der Waals surface area (Å²) in [5, 5.41) is 18.6. The third-order valence-corrected chi connectivity index (χ3v) is 35.6. The molecule has 4 aromatic carbocycles. The van der Waals surface area contributed by atoms with Crippen LogP contribution in [0.4, 0.5) is 0 Å². The molecule has 4 atom stereocenters. The van der Waals surface area contributed by atoms with E-state index < -0.39 is 23.6 Å². The van der Waals surface area contributed by atoms with Gasteiger partial charge in [0.1, 0.15) is 11.6 Å². The van der Waals surface area contributed by atoms with Gasteiger partial charge < -0.3 is 46.9 Å². The summed E-state index contributed by atoms with van der Waals surface area (Å²) in [4.78, 5) is 41.0. The van der Waals surface area contributed by atoms with Crippen molar-refractivity contribution < 1.29 is 29.1 Å². The fraction of sp³-hybridized carbons (Fsp3) is 0.556. The maximum absolute atomic E-state index is 13.6. The Morgan fingerprint density at radius 3 is 1.32 bits per heavy atom. The van der Waals surface area contributed by atoms with Crippen molar-refractivity contribution in [2.45, 2.75) is 227 Å². The Morgan fingerprint density at radius 2 is 0.929 bits per heavy atom. The Morgan fingerprint density at radius 1 is 0.535 bits per heavy atom. The van der Waals surface area contributed by atoms with Gasteiger partial charge in [0.15, 0.2) is 16.5 Å². The molecule has 0 radical (unpaired) electrons. The highest BCUT2D eigenvalue weighted by Crippen LogP contribution is 2.45. The number of benzene rings is 4. The fourth-order valence-corrected chi connectivity index (χ4v) is 30.7. The van der Waals surface area contributed by atoms with Gasteiger partial charge in [-0.3, -0.25) is 9.59 Å². The van der Waals surface area contributed by atoms with Gasteiger partial charge in [-0.05, 0) is 191 Å². The predicted molar refractivity (Wildman–Crippen MR) is 422 cm³/mol. The van der Waals surface area contributed by atoms with Crippen molar-refractivity contribution in [3.63, 3.8) is 0 Å². The lowest BCUT2D eigenvalue weighted by atomic mass is 9.83. The number of para-hydroxylation sites is 4. The van der Waals surface area contributed by atoms with Gasteiger partial charge in [-0.25, -0.2) is 9.97 Å². The molecule has 10 rings (SSSR count). The molecule has 2 fully saturated rings. The average molecular weight is 1450 g/mol. The number of aromatic nitrogens is 6. The molecular weight excluding hydrogens is 1330 g/mol. The highest BCUT2D eigenvalue weighted by atomic mass is 79.9. The number of nitrogens with zero attached hydrogens (tertiary/aromatic N) is 8. The first-order chi connectivity index (χ1) is 46.8. The van der Waals surface area contributed by atoms with Crippen LogP contribution in [0.5, 0.6) is 0 Å². The van der Waals surface area contributed by atoms with Gasteiger partial charge in [0.25, 0.3) is 0 Å². The summed E-state index contributed by atoms with van der Waals surface area (Å²) >= 11 is 3.49. The number of carbonyl (C=O) groups is 2. The first-order valence-electron chi connectivity index (χ1n) is 36.9. The van der Waals surface area contributed by atoms with Crippen LogP contribution in [0.2, 0.25) is 33.2 Å². The van der Waals surface area contributed by atoms with E-state index in [-0.39, 0.29) is 37.0 Å². The quantitative estimate of drug-likeness (QED) is 0.0364. The maximum Gasteiger partial charge on any atom is 0.489 e. The van der Waals surface area contributed by atoms with E-state index in [0.717, 1.165) is 131 Å². The minimum atomic E-state index is -1.75. The molecule has 99 heavy (non-hydrogen) atoms. The number of hydrogen-bond donors (Lipinski definition) is 2. The molecule has 14 nitrogen and oxygen atoms in total. The number of halogens is 1. The Bertz CT molecular complexity index is 3720.